The number of unbranched alkanes of at least 4 members (excludes halogenated alkanes) is 6. The van der Waals surface area contributed by atoms with Crippen molar-refractivity contribution in [1.29, 1.82) is 0 Å². The molecule has 0 radical (unpaired) electrons. The van der Waals surface area contributed by atoms with Crippen LogP contribution >= 0.6 is 0 Å². The Morgan fingerprint density at radius 1 is 0.532 bits per heavy atom. The van der Waals surface area contributed by atoms with Crippen molar-refractivity contribution in [1.82, 2.24) is 0 Å². The van der Waals surface area contributed by atoms with E-state index >= 15 is 0 Å². The lowest BCUT2D eigenvalue weighted by atomic mass is 9.98. The monoisotopic (exact) mass is 881 g/mol. The second kappa shape index (κ2) is 34.4. The lowest BCUT2D eigenvalue weighted by Crippen LogP contribution is -2.61. The molecule has 4 unspecified atom stereocenters. The predicted octanol–water partition coefficient (Wildman–Crippen LogP) is 4.70. The summed E-state index contributed by atoms with van der Waals surface area (Å²) in [4.78, 5) is 25.4. The van der Waals surface area contributed by atoms with Crippen molar-refractivity contribution in [2.45, 2.75) is 184 Å². The maximum absolute atomic E-state index is 12.8. The number of hydrogen-bond acceptors (Lipinski definition) is 15. The summed E-state index contributed by atoms with van der Waals surface area (Å²) < 4.78 is 33.2. The summed E-state index contributed by atoms with van der Waals surface area (Å²) in [6, 6.07) is 0. The van der Waals surface area contributed by atoms with E-state index in [-0.39, 0.29) is 19.4 Å². The van der Waals surface area contributed by atoms with Gasteiger partial charge >= 0.3 is 11.9 Å². The van der Waals surface area contributed by atoms with Crippen LogP contribution in [-0.2, 0) is 38.0 Å². The van der Waals surface area contributed by atoms with Crippen molar-refractivity contribution in [3.05, 3.63) is 72.9 Å². The molecule has 0 spiro atoms. The highest BCUT2D eigenvalue weighted by Crippen LogP contribution is 2.26. The first-order valence-corrected chi connectivity index (χ1v) is 22.5. The highest BCUT2D eigenvalue weighted by molar-refractivity contribution is 5.70. The van der Waals surface area contributed by atoms with Crippen LogP contribution in [0.4, 0.5) is 0 Å². The fourth-order valence-electron chi connectivity index (χ4n) is 6.48. The summed E-state index contributed by atoms with van der Waals surface area (Å²) >= 11 is 0. The third-order valence-corrected chi connectivity index (χ3v) is 10.2. The minimum absolute atomic E-state index is 0.0897. The SMILES string of the molecule is CC/C=C/C/C=C/C/C=C/C/C=C/C/C=C/C/C=C/CCC(=O)OC[C@@H](CO[C@@H]1O[C@H](CO[C@@H]2O[C@H](CO)[C@H](O)C(O)C2O)[C@H](O)C(O)C1O)OC(=O)CCCCCCCCC. The first kappa shape index (κ1) is 55.1. The molecule has 62 heavy (non-hydrogen) atoms. The fourth-order valence-corrected chi connectivity index (χ4v) is 6.48. The number of carbonyl (C=O) groups excluding carboxylic acids is 2. The van der Waals surface area contributed by atoms with Crippen LogP contribution in [0.2, 0.25) is 0 Å². The van der Waals surface area contributed by atoms with Crippen molar-refractivity contribution < 1.29 is 73.8 Å². The molecular formula is C47H76O15. The van der Waals surface area contributed by atoms with Crippen LogP contribution in [0.5, 0.6) is 0 Å². The van der Waals surface area contributed by atoms with Gasteiger partial charge in [-0.15, -0.1) is 0 Å². The van der Waals surface area contributed by atoms with Crippen molar-refractivity contribution in [2.24, 2.45) is 0 Å². The topological polar surface area (TPSA) is 231 Å². The zero-order chi connectivity index (χ0) is 45.4. The van der Waals surface area contributed by atoms with E-state index in [1.165, 1.54) is 6.42 Å². The van der Waals surface area contributed by atoms with Crippen LogP contribution in [0.15, 0.2) is 72.9 Å². The van der Waals surface area contributed by atoms with E-state index in [0.29, 0.717) is 12.8 Å². The van der Waals surface area contributed by atoms with Gasteiger partial charge in [0, 0.05) is 12.8 Å². The second-order valence-corrected chi connectivity index (χ2v) is 15.5. The van der Waals surface area contributed by atoms with E-state index in [1.54, 1.807) is 0 Å². The molecule has 7 N–H and O–H groups in total. The normalized spacial score (nSPS) is 27.8. The quantitative estimate of drug-likeness (QED) is 0.0276. The fraction of sp³-hybridized carbons (Fsp3) is 0.702. The molecule has 2 aliphatic heterocycles. The van der Waals surface area contributed by atoms with Crippen LogP contribution in [0.1, 0.15) is 117 Å². The summed E-state index contributed by atoms with van der Waals surface area (Å²) in [5.74, 6) is -1.04. The molecule has 2 aliphatic rings. The number of rotatable bonds is 32. The first-order chi connectivity index (χ1) is 30.0. The lowest BCUT2D eigenvalue weighted by Gasteiger charge is -2.42. The third kappa shape index (κ3) is 23.0. The van der Waals surface area contributed by atoms with Crippen molar-refractivity contribution in [3.63, 3.8) is 0 Å². The molecule has 0 aromatic heterocycles. The van der Waals surface area contributed by atoms with E-state index in [0.717, 1.165) is 70.6 Å². The minimum Gasteiger partial charge on any atom is -0.462 e. The first-order valence-electron chi connectivity index (χ1n) is 22.5. The summed E-state index contributed by atoms with van der Waals surface area (Å²) in [6.45, 7) is 2.29. The summed E-state index contributed by atoms with van der Waals surface area (Å²) in [5, 5.41) is 71.7. The molecule has 0 amide bonds. The standard InChI is InChI=1S/C47H76O15/c1-3-5-7-9-11-12-13-14-15-16-17-18-19-20-21-22-24-25-27-29-38(49)57-32-35(60-39(50)30-28-26-23-10-8-6-4-2)33-58-46-45(56)43(54)41(52)37(62-46)34-59-47-44(55)42(53)40(51)36(31-48)61-47/h5,7,11-12,14-15,17-18,20-21,24-25,35-37,40-48,51-56H,3-4,6,8-10,13,16,19,22-23,26-34H2,1-2H3/b7-5+,12-11+,15-14+,18-17+,21-20+,25-24+/t35-,36+,37+,40-,41-,42?,43?,44?,45?,46+,47+/m0/s1. The molecule has 15 heteroatoms. The van der Waals surface area contributed by atoms with Gasteiger partial charge in [-0.25, -0.2) is 0 Å². The van der Waals surface area contributed by atoms with Crippen LogP contribution in [0.25, 0.3) is 0 Å². The molecule has 0 aliphatic carbocycles. The number of allylic oxidation sites excluding steroid dienone is 12. The van der Waals surface area contributed by atoms with E-state index in [9.17, 15) is 45.3 Å². The number of hydrogen-bond donors (Lipinski definition) is 7. The summed E-state index contributed by atoms with van der Waals surface area (Å²) in [5.41, 5.74) is 0. The van der Waals surface area contributed by atoms with Crippen LogP contribution in [-0.4, -0.2) is 142 Å². The van der Waals surface area contributed by atoms with Gasteiger partial charge in [-0.1, -0.05) is 125 Å². The van der Waals surface area contributed by atoms with Crippen LogP contribution < -0.4 is 0 Å². The van der Waals surface area contributed by atoms with Crippen LogP contribution in [0, 0.1) is 0 Å². The van der Waals surface area contributed by atoms with E-state index in [2.05, 4.69) is 74.6 Å². The second-order valence-electron chi connectivity index (χ2n) is 15.5. The van der Waals surface area contributed by atoms with Gasteiger partial charge in [0.15, 0.2) is 18.7 Å². The molecule has 15 nitrogen and oxygen atoms in total. The largest absolute Gasteiger partial charge is 0.462 e. The highest BCUT2D eigenvalue weighted by Gasteiger charge is 2.47. The average molecular weight is 881 g/mol. The van der Waals surface area contributed by atoms with Gasteiger partial charge in [0.25, 0.3) is 0 Å². The zero-order valence-electron chi connectivity index (χ0n) is 36.8. The van der Waals surface area contributed by atoms with Gasteiger partial charge in [0.2, 0.25) is 0 Å². The minimum atomic E-state index is -1.78. The Morgan fingerprint density at radius 2 is 1.02 bits per heavy atom. The van der Waals surface area contributed by atoms with Gasteiger partial charge in [-0.3, -0.25) is 9.59 Å². The molecular weight excluding hydrogens is 805 g/mol. The van der Waals surface area contributed by atoms with Crippen molar-refractivity contribution in [2.75, 3.05) is 26.4 Å². The Balaban J connectivity index is 1.84. The molecule has 354 valence electrons. The van der Waals surface area contributed by atoms with Gasteiger partial charge in [0.1, 0.15) is 55.4 Å². The maximum Gasteiger partial charge on any atom is 0.306 e. The number of aliphatic hydroxyl groups excluding tert-OH is 7. The van der Waals surface area contributed by atoms with Gasteiger partial charge in [-0.05, 0) is 51.4 Å². The third-order valence-electron chi connectivity index (χ3n) is 10.2. The van der Waals surface area contributed by atoms with Crippen molar-refractivity contribution >= 4 is 11.9 Å². The summed E-state index contributed by atoms with van der Waals surface area (Å²) in [6.07, 6.45) is 21.4. The Morgan fingerprint density at radius 3 is 1.56 bits per heavy atom. The van der Waals surface area contributed by atoms with E-state index in [4.69, 9.17) is 28.4 Å². The highest BCUT2D eigenvalue weighted by atomic mass is 16.7. The van der Waals surface area contributed by atoms with Crippen LogP contribution in [0.3, 0.4) is 0 Å². The number of esters is 2. The molecule has 0 saturated carbocycles. The number of ether oxygens (including phenoxy) is 6. The molecule has 0 aromatic carbocycles. The maximum atomic E-state index is 12.8. The van der Waals surface area contributed by atoms with E-state index in [1.807, 2.05) is 12.2 Å². The van der Waals surface area contributed by atoms with Gasteiger partial charge < -0.3 is 64.2 Å². The predicted molar refractivity (Wildman–Crippen MR) is 233 cm³/mol. The molecule has 0 aromatic rings. The Labute approximate surface area is 368 Å². The summed E-state index contributed by atoms with van der Waals surface area (Å²) in [7, 11) is 0. The average Bonchev–Trinajstić information content (AvgIpc) is 3.26. The Bertz CT molecular complexity index is 1360. The molecule has 11 atom stereocenters. The molecule has 2 fully saturated rings. The smallest absolute Gasteiger partial charge is 0.306 e. The van der Waals surface area contributed by atoms with Crippen molar-refractivity contribution in [3.8, 4) is 0 Å². The lowest BCUT2D eigenvalue weighted by molar-refractivity contribution is -0.332. The molecule has 2 heterocycles. The van der Waals surface area contributed by atoms with E-state index < -0.39 is 99.3 Å². The van der Waals surface area contributed by atoms with Gasteiger partial charge in [-0.2, -0.15) is 0 Å². The van der Waals surface area contributed by atoms with Gasteiger partial charge in [0.05, 0.1) is 19.8 Å². The Hall–Kier alpha value is -3.06. The Kier molecular flexibility index (Phi) is 30.5. The number of carbonyl (C=O) groups is 2. The molecule has 0 bridgehead atoms. The zero-order valence-corrected chi connectivity index (χ0v) is 36.8. The molecule has 2 saturated heterocycles. The number of aliphatic hydroxyl groups is 7. The molecule has 2 rings (SSSR count).